The quantitative estimate of drug-likeness (QED) is 0.769. The Kier molecular flexibility index (Phi) is 5.72. The van der Waals surface area contributed by atoms with Crippen molar-refractivity contribution in [3.63, 3.8) is 0 Å². The summed E-state index contributed by atoms with van der Waals surface area (Å²) >= 11 is 1.54. The van der Waals surface area contributed by atoms with Crippen LogP contribution in [0.3, 0.4) is 0 Å². The van der Waals surface area contributed by atoms with Crippen molar-refractivity contribution >= 4 is 23.2 Å². The number of likely N-dealkylation sites (tertiary alicyclic amines) is 1. The Balaban J connectivity index is 1.39. The molecule has 0 aromatic carbocycles. The van der Waals surface area contributed by atoms with Gasteiger partial charge in [0.05, 0.1) is 11.4 Å². The lowest BCUT2D eigenvalue weighted by molar-refractivity contribution is -0.133. The Morgan fingerprint density at radius 3 is 2.52 bits per heavy atom. The zero-order valence-electron chi connectivity index (χ0n) is 17.4. The zero-order valence-corrected chi connectivity index (χ0v) is 18.2. The Morgan fingerprint density at radius 2 is 1.86 bits per heavy atom. The second kappa shape index (κ2) is 8.26. The molecular formula is C21H29N5O2S. The van der Waals surface area contributed by atoms with Crippen LogP contribution in [-0.2, 0) is 17.9 Å². The number of amides is 2. The maximum Gasteiger partial charge on any atom is 0.264 e. The molecule has 0 N–H and O–H groups in total. The molecule has 4 heterocycles. The van der Waals surface area contributed by atoms with Crippen LogP contribution in [0.2, 0.25) is 0 Å². The summed E-state index contributed by atoms with van der Waals surface area (Å²) in [5.41, 5.74) is 0. The summed E-state index contributed by atoms with van der Waals surface area (Å²) in [6, 6.07) is 3.89. The van der Waals surface area contributed by atoms with Crippen molar-refractivity contribution in [3.8, 4) is 0 Å². The Labute approximate surface area is 175 Å². The van der Waals surface area contributed by atoms with E-state index in [1.165, 1.54) is 11.3 Å². The van der Waals surface area contributed by atoms with Crippen LogP contribution in [-0.4, -0.2) is 56.0 Å². The molecule has 29 heavy (non-hydrogen) atoms. The number of fused-ring (bicyclic) bond motifs is 1. The highest BCUT2D eigenvalue weighted by Crippen LogP contribution is 2.29. The fourth-order valence-corrected chi connectivity index (χ4v) is 5.06. The molecule has 1 fully saturated rings. The summed E-state index contributed by atoms with van der Waals surface area (Å²) in [5.74, 6) is 2.96. The maximum atomic E-state index is 12.7. The highest BCUT2D eigenvalue weighted by atomic mass is 32.1. The van der Waals surface area contributed by atoms with Crippen molar-refractivity contribution in [2.75, 3.05) is 19.6 Å². The standard InChI is InChI=1S/C21H29N5O2S/c1-14(2)12-19(27)24-8-6-16(7-9-24)20-23-22-18-13-25(10-11-26(18)20)21(28)17-5-4-15(3)29-17/h4-5,14,16H,6-13H2,1-3H3. The van der Waals surface area contributed by atoms with Gasteiger partial charge in [0.25, 0.3) is 5.91 Å². The van der Waals surface area contributed by atoms with Gasteiger partial charge in [-0.1, -0.05) is 13.8 Å². The number of aromatic nitrogens is 3. The predicted molar refractivity (Wildman–Crippen MR) is 112 cm³/mol. The number of nitrogens with zero attached hydrogens (tertiary/aromatic N) is 5. The van der Waals surface area contributed by atoms with E-state index in [1.54, 1.807) is 0 Å². The number of carbonyl (C=O) groups is 2. The average molecular weight is 416 g/mol. The van der Waals surface area contributed by atoms with Crippen LogP contribution in [0.25, 0.3) is 0 Å². The zero-order chi connectivity index (χ0) is 20.5. The van der Waals surface area contributed by atoms with Gasteiger partial charge in [0.2, 0.25) is 5.91 Å². The van der Waals surface area contributed by atoms with Crippen LogP contribution in [0.15, 0.2) is 12.1 Å². The summed E-state index contributed by atoms with van der Waals surface area (Å²) in [5, 5.41) is 8.88. The molecule has 2 aromatic heterocycles. The molecule has 0 unspecified atom stereocenters. The second-order valence-corrected chi connectivity index (χ2v) is 9.80. The Bertz CT molecular complexity index is 895. The van der Waals surface area contributed by atoms with Gasteiger partial charge in [-0.05, 0) is 37.8 Å². The van der Waals surface area contributed by atoms with Gasteiger partial charge < -0.3 is 14.4 Å². The van der Waals surface area contributed by atoms with E-state index in [2.05, 4.69) is 28.6 Å². The van der Waals surface area contributed by atoms with E-state index in [4.69, 9.17) is 0 Å². The first kappa shape index (κ1) is 20.1. The molecule has 0 radical (unpaired) electrons. The number of hydrogen-bond acceptors (Lipinski definition) is 5. The first-order chi connectivity index (χ1) is 13.9. The third-order valence-electron chi connectivity index (χ3n) is 5.82. The van der Waals surface area contributed by atoms with Crippen LogP contribution in [0.1, 0.15) is 65.2 Å². The minimum absolute atomic E-state index is 0.0795. The van der Waals surface area contributed by atoms with Crippen molar-refractivity contribution in [3.05, 3.63) is 33.5 Å². The molecule has 0 aliphatic carbocycles. The summed E-state index contributed by atoms with van der Waals surface area (Å²) in [4.78, 5) is 30.9. The molecular weight excluding hydrogens is 386 g/mol. The largest absolute Gasteiger partial charge is 0.343 e. The highest BCUT2D eigenvalue weighted by Gasteiger charge is 2.31. The van der Waals surface area contributed by atoms with Gasteiger partial charge >= 0.3 is 0 Å². The molecule has 2 aliphatic rings. The summed E-state index contributed by atoms with van der Waals surface area (Å²) in [7, 11) is 0. The van der Waals surface area contributed by atoms with Crippen molar-refractivity contribution in [2.45, 2.75) is 59.0 Å². The molecule has 8 heteroatoms. The van der Waals surface area contributed by atoms with Gasteiger partial charge in [-0.3, -0.25) is 9.59 Å². The van der Waals surface area contributed by atoms with Crippen molar-refractivity contribution in [1.29, 1.82) is 0 Å². The molecule has 0 spiro atoms. The predicted octanol–water partition coefficient (Wildman–Crippen LogP) is 3.06. The van der Waals surface area contributed by atoms with Gasteiger partial charge in [0.1, 0.15) is 5.82 Å². The third-order valence-corrected chi connectivity index (χ3v) is 6.80. The summed E-state index contributed by atoms with van der Waals surface area (Å²) < 4.78 is 2.19. The highest BCUT2D eigenvalue weighted by molar-refractivity contribution is 7.13. The minimum Gasteiger partial charge on any atom is -0.343 e. The Hall–Kier alpha value is -2.22. The molecule has 2 amide bonds. The topological polar surface area (TPSA) is 71.3 Å². The number of thiophene rings is 1. The molecule has 0 saturated carbocycles. The van der Waals surface area contributed by atoms with Crippen LogP contribution in [0.5, 0.6) is 0 Å². The van der Waals surface area contributed by atoms with Gasteiger partial charge in [0, 0.05) is 43.4 Å². The fraction of sp³-hybridized carbons (Fsp3) is 0.619. The van der Waals surface area contributed by atoms with E-state index in [0.29, 0.717) is 31.3 Å². The molecule has 156 valence electrons. The lowest BCUT2D eigenvalue weighted by atomic mass is 9.95. The van der Waals surface area contributed by atoms with Crippen molar-refractivity contribution in [1.82, 2.24) is 24.6 Å². The van der Waals surface area contributed by atoms with Crippen molar-refractivity contribution in [2.24, 2.45) is 5.92 Å². The molecule has 0 bridgehead atoms. The van der Waals surface area contributed by atoms with E-state index in [0.717, 1.165) is 53.9 Å². The lowest BCUT2D eigenvalue weighted by Gasteiger charge is -2.33. The molecule has 4 rings (SSSR count). The first-order valence-electron chi connectivity index (χ1n) is 10.5. The lowest BCUT2D eigenvalue weighted by Crippen LogP contribution is -2.40. The van der Waals surface area contributed by atoms with E-state index >= 15 is 0 Å². The van der Waals surface area contributed by atoms with Gasteiger partial charge in [-0.25, -0.2) is 0 Å². The summed E-state index contributed by atoms with van der Waals surface area (Å²) in [6.07, 6.45) is 2.48. The number of carbonyl (C=O) groups excluding carboxylic acids is 2. The fourth-order valence-electron chi connectivity index (χ4n) is 4.23. The average Bonchev–Trinajstić information content (AvgIpc) is 3.32. The third kappa shape index (κ3) is 4.22. The van der Waals surface area contributed by atoms with Crippen LogP contribution < -0.4 is 0 Å². The Morgan fingerprint density at radius 1 is 1.10 bits per heavy atom. The van der Waals surface area contributed by atoms with E-state index in [9.17, 15) is 9.59 Å². The van der Waals surface area contributed by atoms with E-state index in [1.807, 2.05) is 28.9 Å². The van der Waals surface area contributed by atoms with Crippen LogP contribution in [0, 0.1) is 12.8 Å². The van der Waals surface area contributed by atoms with Crippen LogP contribution in [0.4, 0.5) is 0 Å². The SMILES string of the molecule is Cc1ccc(C(=O)N2CCn3c(nnc3C3CCN(C(=O)CC(C)C)CC3)C2)s1. The molecule has 2 aliphatic heterocycles. The molecule has 7 nitrogen and oxygen atoms in total. The van der Waals surface area contributed by atoms with E-state index in [-0.39, 0.29) is 11.8 Å². The van der Waals surface area contributed by atoms with Crippen LogP contribution >= 0.6 is 11.3 Å². The number of hydrogen-bond donors (Lipinski definition) is 0. The molecule has 1 saturated heterocycles. The van der Waals surface area contributed by atoms with Gasteiger partial charge in [-0.2, -0.15) is 0 Å². The normalized spacial score (nSPS) is 17.7. The van der Waals surface area contributed by atoms with Gasteiger partial charge in [0.15, 0.2) is 5.82 Å². The smallest absolute Gasteiger partial charge is 0.264 e. The molecule has 0 atom stereocenters. The first-order valence-corrected chi connectivity index (χ1v) is 11.3. The minimum atomic E-state index is 0.0795. The van der Waals surface area contributed by atoms with Gasteiger partial charge in [-0.15, -0.1) is 21.5 Å². The summed E-state index contributed by atoms with van der Waals surface area (Å²) in [6.45, 7) is 9.69. The molecule has 2 aromatic rings. The van der Waals surface area contributed by atoms with Crippen molar-refractivity contribution < 1.29 is 9.59 Å². The number of aryl methyl sites for hydroxylation is 1. The van der Waals surface area contributed by atoms with E-state index < -0.39 is 0 Å². The monoisotopic (exact) mass is 415 g/mol. The number of rotatable bonds is 4. The number of piperidine rings is 1. The second-order valence-electron chi connectivity index (χ2n) is 8.52. The maximum absolute atomic E-state index is 12.7.